The number of carbonyl (C=O) groups is 3. The van der Waals surface area contributed by atoms with Crippen molar-refractivity contribution in [1.29, 1.82) is 0 Å². The second kappa shape index (κ2) is 9.72. The third kappa shape index (κ3) is 6.00. The highest BCUT2D eigenvalue weighted by atomic mass is 32.1. The van der Waals surface area contributed by atoms with Gasteiger partial charge in [0.2, 0.25) is 11.8 Å². The molecule has 0 saturated heterocycles. The van der Waals surface area contributed by atoms with Crippen molar-refractivity contribution in [3.8, 4) is 0 Å². The molecule has 1 aromatic carbocycles. The molecule has 0 saturated carbocycles. The first-order valence-corrected chi connectivity index (χ1v) is 9.33. The second-order valence-electron chi connectivity index (χ2n) is 5.89. The molecule has 6 nitrogen and oxygen atoms in total. The van der Waals surface area contributed by atoms with E-state index in [0.29, 0.717) is 17.1 Å². The molecule has 3 amide bonds. The lowest BCUT2D eigenvalue weighted by Crippen LogP contribution is -2.43. The van der Waals surface area contributed by atoms with Gasteiger partial charge in [0.15, 0.2) is 0 Å². The van der Waals surface area contributed by atoms with E-state index >= 15 is 0 Å². The molecule has 0 atom stereocenters. The summed E-state index contributed by atoms with van der Waals surface area (Å²) in [6.45, 7) is 4.19. The number of hydrogen-bond acceptors (Lipinski definition) is 4. The average molecular weight is 373 g/mol. The zero-order chi connectivity index (χ0) is 18.9. The van der Waals surface area contributed by atoms with E-state index in [0.717, 1.165) is 12.0 Å². The molecule has 0 bridgehead atoms. The van der Waals surface area contributed by atoms with Crippen LogP contribution in [0.4, 0.5) is 5.69 Å². The SMILES string of the molecule is CCCN(CC(=O)NCC(=O)Nc1ccc(C)cc1)C(=O)c1cccs1. The number of nitrogens with zero attached hydrogens (tertiary/aromatic N) is 1. The minimum Gasteiger partial charge on any atom is -0.345 e. The van der Waals surface area contributed by atoms with Crippen molar-refractivity contribution in [2.45, 2.75) is 20.3 Å². The maximum atomic E-state index is 12.4. The fraction of sp³-hybridized carbons (Fsp3) is 0.316. The van der Waals surface area contributed by atoms with Crippen LogP contribution in [0.15, 0.2) is 41.8 Å². The summed E-state index contributed by atoms with van der Waals surface area (Å²) in [6, 6.07) is 10.9. The van der Waals surface area contributed by atoms with Gasteiger partial charge in [-0.3, -0.25) is 14.4 Å². The number of rotatable bonds is 8. The van der Waals surface area contributed by atoms with Gasteiger partial charge in [-0.15, -0.1) is 11.3 Å². The quantitative estimate of drug-likeness (QED) is 0.747. The highest BCUT2D eigenvalue weighted by Crippen LogP contribution is 2.12. The molecular weight excluding hydrogens is 350 g/mol. The van der Waals surface area contributed by atoms with E-state index in [9.17, 15) is 14.4 Å². The molecule has 2 aromatic rings. The minimum atomic E-state index is -0.359. The summed E-state index contributed by atoms with van der Waals surface area (Å²) in [4.78, 5) is 38.6. The molecule has 0 fully saturated rings. The highest BCUT2D eigenvalue weighted by Gasteiger charge is 2.19. The lowest BCUT2D eigenvalue weighted by molar-refractivity contribution is -0.124. The number of thiophene rings is 1. The van der Waals surface area contributed by atoms with Crippen LogP contribution in [0.5, 0.6) is 0 Å². The van der Waals surface area contributed by atoms with E-state index in [4.69, 9.17) is 0 Å². The topological polar surface area (TPSA) is 78.5 Å². The summed E-state index contributed by atoms with van der Waals surface area (Å²) in [5.74, 6) is -0.836. The van der Waals surface area contributed by atoms with Gasteiger partial charge in [-0.1, -0.05) is 30.7 Å². The van der Waals surface area contributed by atoms with E-state index in [1.807, 2.05) is 31.4 Å². The number of hydrogen-bond donors (Lipinski definition) is 2. The highest BCUT2D eigenvalue weighted by molar-refractivity contribution is 7.12. The van der Waals surface area contributed by atoms with Crippen LogP contribution >= 0.6 is 11.3 Å². The largest absolute Gasteiger partial charge is 0.345 e. The van der Waals surface area contributed by atoms with Crippen molar-refractivity contribution >= 4 is 34.7 Å². The minimum absolute atomic E-state index is 0.0671. The Labute approximate surface area is 157 Å². The third-order valence-electron chi connectivity index (χ3n) is 3.63. The van der Waals surface area contributed by atoms with E-state index in [1.54, 1.807) is 24.3 Å². The normalized spacial score (nSPS) is 10.2. The summed E-state index contributed by atoms with van der Waals surface area (Å²) < 4.78 is 0. The van der Waals surface area contributed by atoms with Crippen molar-refractivity contribution in [3.05, 3.63) is 52.2 Å². The number of nitrogens with one attached hydrogen (secondary N) is 2. The summed E-state index contributed by atoms with van der Waals surface area (Å²) in [7, 11) is 0. The van der Waals surface area contributed by atoms with Crippen LogP contribution in [-0.2, 0) is 9.59 Å². The predicted octanol–water partition coefficient (Wildman–Crippen LogP) is 2.66. The second-order valence-corrected chi connectivity index (χ2v) is 6.84. The van der Waals surface area contributed by atoms with Gasteiger partial charge in [-0.25, -0.2) is 0 Å². The number of aryl methyl sites for hydroxylation is 1. The lowest BCUT2D eigenvalue weighted by atomic mass is 10.2. The average Bonchev–Trinajstić information content (AvgIpc) is 3.15. The van der Waals surface area contributed by atoms with Gasteiger partial charge in [-0.05, 0) is 36.9 Å². The number of anilines is 1. The van der Waals surface area contributed by atoms with Crippen molar-refractivity contribution in [2.24, 2.45) is 0 Å². The molecule has 1 aromatic heterocycles. The monoisotopic (exact) mass is 373 g/mol. The maximum absolute atomic E-state index is 12.4. The van der Waals surface area contributed by atoms with Gasteiger partial charge >= 0.3 is 0 Å². The van der Waals surface area contributed by atoms with Crippen LogP contribution in [0.25, 0.3) is 0 Å². The number of amides is 3. The van der Waals surface area contributed by atoms with Crippen molar-refractivity contribution in [3.63, 3.8) is 0 Å². The smallest absolute Gasteiger partial charge is 0.264 e. The molecule has 0 aliphatic carbocycles. The predicted molar refractivity (Wildman–Crippen MR) is 103 cm³/mol. The van der Waals surface area contributed by atoms with E-state index in [1.165, 1.54) is 16.2 Å². The van der Waals surface area contributed by atoms with Crippen LogP contribution in [0.3, 0.4) is 0 Å². The lowest BCUT2D eigenvalue weighted by Gasteiger charge is -2.20. The van der Waals surface area contributed by atoms with Crippen molar-refractivity contribution in [2.75, 3.05) is 25.0 Å². The van der Waals surface area contributed by atoms with Gasteiger partial charge in [0.05, 0.1) is 18.0 Å². The Bertz CT molecular complexity index is 742. The Balaban J connectivity index is 1.82. The maximum Gasteiger partial charge on any atom is 0.264 e. The number of carbonyl (C=O) groups excluding carboxylic acids is 3. The molecule has 1 heterocycles. The standard InChI is InChI=1S/C19H23N3O3S/c1-3-10-22(19(25)16-5-4-11-26-16)13-18(24)20-12-17(23)21-15-8-6-14(2)7-9-15/h4-9,11H,3,10,12-13H2,1-2H3,(H,20,24)(H,21,23). The molecule has 2 N–H and O–H groups in total. The summed E-state index contributed by atoms with van der Waals surface area (Å²) in [6.07, 6.45) is 0.748. The zero-order valence-corrected chi connectivity index (χ0v) is 15.8. The van der Waals surface area contributed by atoms with Gasteiger partial charge in [-0.2, -0.15) is 0 Å². The molecule has 0 aliphatic heterocycles. The molecule has 2 rings (SSSR count). The van der Waals surface area contributed by atoms with Crippen LogP contribution in [0.1, 0.15) is 28.6 Å². The van der Waals surface area contributed by atoms with Gasteiger partial charge in [0, 0.05) is 12.2 Å². The van der Waals surface area contributed by atoms with Crippen LogP contribution in [0.2, 0.25) is 0 Å². The molecule has 138 valence electrons. The Morgan fingerprint density at radius 1 is 1.08 bits per heavy atom. The molecule has 0 unspecified atom stereocenters. The Morgan fingerprint density at radius 2 is 1.81 bits per heavy atom. The van der Waals surface area contributed by atoms with Crippen LogP contribution < -0.4 is 10.6 Å². The molecular formula is C19H23N3O3S. The van der Waals surface area contributed by atoms with Crippen molar-refractivity contribution in [1.82, 2.24) is 10.2 Å². The van der Waals surface area contributed by atoms with Gasteiger partial charge < -0.3 is 15.5 Å². The van der Waals surface area contributed by atoms with E-state index < -0.39 is 0 Å². The molecule has 0 spiro atoms. The summed E-state index contributed by atoms with van der Waals surface area (Å²) in [5.41, 5.74) is 1.78. The van der Waals surface area contributed by atoms with Crippen molar-refractivity contribution < 1.29 is 14.4 Å². The first-order chi connectivity index (χ1) is 12.5. The fourth-order valence-corrected chi connectivity index (χ4v) is 3.02. The molecule has 26 heavy (non-hydrogen) atoms. The van der Waals surface area contributed by atoms with Crippen LogP contribution in [-0.4, -0.2) is 42.3 Å². The first kappa shape index (κ1) is 19.7. The van der Waals surface area contributed by atoms with E-state index in [2.05, 4.69) is 10.6 Å². The van der Waals surface area contributed by atoms with Gasteiger partial charge in [0.25, 0.3) is 5.91 Å². The summed E-state index contributed by atoms with van der Waals surface area (Å²) >= 11 is 1.35. The fourth-order valence-electron chi connectivity index (χ4n) is 2.33. The Kier molecular flexibility index (Phi) is 7.35. The van der Waals surface area contributed by atoms with Crippen LogP contribution in [0, 0.1) is 6.92 Å². The Hall–Kier alpha value is -2.67. The molecule has 7 heteroatoms. The third-order valence-corrected chi connectivity index (χ3v) is 4.49. The molecule has 0 radical (unpaired) electrons. The first-order valence-electron chi connectivity index (χ1n) is 8.45. The summed E-state index contributed by atoms with van der Waals surface area (Å²) in [5, 5.41) is 7.10. The zero-order valence-electron chi connectivity index (χ0n) is 15.0. The molecule has 0 aliphatic rings. The Morgan fingerprint density at radius 3 is 2.42 bits per heavy atom. The van der Waals surface area contributed by atoms with E-state index in [-0.39, 0.29) is 30.8 Å². The van der Waals surface area contributed by atoms with Gasteiger partial charge in [0.1, 0.15) is 0 Å². The number of benzene rings is 1.